The maximum absolute atomic E-state index is 13.5. The number of hydrogen-bond acceptors (Lipinski definition) is 8. The van der Waals surface area contributed by atoms with Crippen LogP contribution in [0.5, 0.6) is 17.2 Å². The summed E-state index contributed by atoms with van der Waals surface area (Å²) in [6.07, 6.45) is 0.675. The summed E-state index contributed by atoms with van der Waals surface area (Å²) in [5.74, 6) is 0.201. The van der Waals surface area contributed by atoms with Crippen molar-refractivity contribution in [1.29, 1.82) is 0 Å². The fourth-order valence-corrected chi connectivity index (χ4v) is 5.21. The number of aliphatic hydroxyl groups is 1. The van der Waals surface area contributed by atoms with E-state index in [0.717, 1.165) is 25.2 Å². The van der Waals surface area contributed by atoms with E-state index in [9.17, 15) is 14.7 Å². The van der Waals surface area contributed by atoms with Crippen LogP contribution in [0.25, 0.3) is 5.76 Å². The summed E-state index contributed by atoms with van der Waals surface area (Å²) in [5.41, 5.74) is 1.98. The predicted octanol–water partition coefficient (Wildman–Crippen LogP) is 4.33. The number of aryl methyl sites for hydroxylation is 1. The number of ketones is 1. The molecule has 2 aliphatic heterocycles. The van der Waals surface area contributed by atoms with E-state index in [1.807, 2.05) is 33.8 Å². The van der Waals surface area contributed by atoms with E-state index >= 15 is 0 Å². The Labute approximate surface area is 236 Å². The lowest BCUT2D eigenvalue weighted by Crippen LogP contribution is -2.39. The van der Waals surface area contributed by atoms with Crippen LogP contribution < -0.4 is 14.2 Å². The molecule has 0 unspecified atom stereocenters. The van der Waals surface area contributed by atoms with Gasteiger partial charge in [-0.15, -0.1) is 0 Å². The Balaban J connectivity index is 1.73. The van der Waals surface area contributed by atoms with E-state index in [1.54, 1.807) is 42.3 Å². The number of ether oxygens (including phenoxy) is 4. The second-order valence-corrected chi connectivity index (χ2v) is 10.3. The topological polar surface area (TPSA) is 97.8 Å². The van der Waals surface area contributed by atoms with Gasteiger partial charge < -0.3 is 29.0 Å². The number of Topliss-reactive ketones (excluding diaryl/α,β-unsaturated/α-hetero) is 1. The highest BCUT2D eigenvalue weighted by molar-refractivity contribution is 6.46. The first-order valence-electron chi connectivity index (χ1n) is 13.9. The smallest absolute Gasteiger partial charge is 0.295 e. The number of aliphatic hydroxyl groups excluding tert-OH is 1. The van der Waals surface area contributed by atoms with Crippen molar-refractivity contribution in [2.24, 2.45) is 0 Å². The zero-order chi connectivity index (χ0) is 28.8. The molecular weight excluding hydrogens is 512 g/mol. The van der Waals surface area contributed by atoms with Crippen LogP contribution in [0.15, 0.2) is 42.0 Å². The number of likely N-dealkylation sites (tertiary alicyclic amines) is 1. The van der Waals surface area contributed by atoms with Gasteiger partial charge in [-0.25, -0.2) is 0 Å². The lowest BCUT2D eigenvalue weighted by molar-refractivity contribution is -0.140. The summed E-state index contributed by atoms with van der Waals surface area (Å²) in [6.45, 7) is 12.3. The van der Waals surface area contributed by atoms with Crippen molar-refractivity contribution >= 4 is 17.4 Å². The van der Waals surface area contributed by atoms with E-state index in [-0.39, 0.29) is 17.4 Å². The molecule has 2 heterocycles. The third-order valence-electron chi connectivity index (χ3n) is 7.13. The number of carbonyl (C=O) groups excluding carboxylic acids is 2. The van der Waals surface area contributed by atoms with Gasteiger partial charge in [-0.3, -0.25) is 14.5 Å². The molecule has 40 heavy (non-hydrogen) atoms. The molecule has 1 N–H and O–H groups in total. The molecule has 0 spiro atoms. The van der Waals surface area contributed by atoms with Crippen molar-refractivity contribution in [3.8, 4) is 17.2 Å². The van der Waals surface area contributed by atoms with Gasteiger partial charge in [0.1, 0.15) is 11.5 Å². The van der Waals surface area contributed by atoms with Gasteiger partial charge in [0.25, 0.3) is 11.7 Å². The summed E-state index contributed by atoms with van der Waals surface area (Å²) in [7, 11) is 1.55. The van der Waals surface area contributed by atoms with Gasteiger partial charge in [-0.2, -0.15) is 0 Å². The molecule has 0 saturated carbocycles. The molecule has 2 aromatic rings. The molecule has 4 rings (SSSR count). The number of hydrogen-bond donors (Lipinski definition) is 1. The van der Waals surface area contributed by atoms with Gasteiger partial charge in [0.05, 0.1) is 44.6 Å². The minimum atomic E-state index is -0.777. The SMILES string of the molecule is CCOc1ccc([C@@H]2/C(=C(\O)c3ccc(OC(C)C)c(C)c3)C(=O)C(=O)N2CCCN2CCOCC2)cc1OC. The Hall–Kier alpha value is -3.56. The molecule has 0 aliphatic carbocycles. The van der Waals surface area contributed by atoms with E-state index < -0.39 is 17.7 Å². The Morgan fingerprint density at radius 1 is 1.05 bits per heavy atom. The van der Waals surface area contributed by atoms with Gasteiger partial charge in [0.2, 0.25) is 0 Å². The highest BCUT2D eigenvalue weighted by Crippen LogP contribution is 2.42. The third-order valence-corrected chi connectivity index (χ3v) is 7.13. The monoisotopic (exact) mass is 552 g/mol. The number of rotatable bonds is 11. The van der Waals surface area contributed by atoms with Crippen molar-refractivity contribution < 1.29 is 33.6 Å². The molecule has 2 fully saturated rings. The van der Waals surface area contributed by atoms with Crippen LogP contribution in [0, 0.1) is 6.92 Å². The number of nitrogens with zero attached hydrogens (tertiary/aromatic N) is 2. The van der Waals surface area contributed by atoms with E-state index in [2.05, 4.69) is 4.90 Å². The summed E-state index contributed by atoms with van der Waals surface area (Å²) in [6, 6.07) is 9.84. The maximum atomic E-state index is 13.5. The quantitative estimate of drug-likeness (QED) is 0.250. The van der Waals surface area contributed by atoms with Crippen LogP contribution in [-0.2, 0) is 14.3 Å². The lowest BCUT2D eigenvalue weighted by Gasteiger charge is -2.29. The van der Waals surface area contributed by atoms with Gasteiger partial charge in [-0.05, 0) is 75.6 Å². The number of carbonyl (C=O) groups is 2. The zero-order valence-electron chi connectivity index (χ0n) is 24.1. The van der Waals surface area contributed by atoms with Crippen LogP contribution >= 0.6 is 0 Å². The number of methoxy groups -OCH3 is 1. The molecule has 9 heteroatoms. The molecule has 216 valence electrons. The molecule has 2 aromatic carbocycles. The second-order valence-electron chi connectivity index (χ2n) is 10.3. The maximum Gasteiger partial charge on any atom is 0.295 e. The molecule has 0 radical (unpaired) electrons. The molecular formula is C31H40N2O7. The highest BCUT2D eigenvalue weighted by Gasteiger charge is 2.46. The molecule has 1 amide bonds. The van der Waals surface area contributed by atoms with E-state index in [1.165, 1.54) is 0 Å². The van der Waals surface area contributed by atoms with E-state index in [4.69, 9.17) is 18.9 Å². The van der Waals surface area contributed by atoms with Crippen molar-refractivity contribution in [1.82, 2.24) is 9.80 Å². The Kier molecular flexibility index (Phi) is 9.71. The highest BCUT2D eigenvalue weighted by atomic mass is 16.5. The number of amides is 1. The summed E-state index contributed by atoms with van der Waals surface area (Å²) in [5, 5.41) is 11.5. The van der Waals surface area contributed by atoms with Crippen LogP contribution in [0.4, 0.5) is 0 Å². The summed E-state index contributed by atoms with van der Waals surface area (Å²) < 4.78 is 22.5. The first-order valence-corrected chi connectivity index (χ1v) is 13.9. The predicted molar refractivity (Wildman–Crippen MR) is 152 cm³/mol. The minimum absolute atomic E-state index is 0.00410. The molecule has 2 aliphatic rings. The molecule has 2 saturated heterocycles. The number of benzene rings is 2. The van der Waals surface area contributed by atoms with Gasteiger partial charge >= 0.3 is 0 Å². The largest absolute Gasteiger partial charge is 0.507 e. The van der Waals surface area contributed by atoms with Crippen molar-refractivity contribution in [2.75, 3.05) is 53.1 Å². The Morgan fingerprint density at radius 2 is 1.77 bits per heavy atom. The van der Waals surface area contributed by atoms with Crippen LogP contribution in [0.3, 0.4) is 0 Å². The average Bonchev–Trinajstić information content (AvgIpc) is 3.19. The number of morpholine rings is 1. The zero-order valence-corrected chi connectivity index (χ0v) is 24.1. The Bertz CT molecular complexity index is 1250. The van der Waals surface area contributed by atoms with Gasteiger partial charge in [0, 0.05) is 31.7 Å². The second kappa shape index (κ2) is 13.2. The van der Waals surface area contributed by atoms with Crippen LogP contribution in [0.1, 0.15) is 49.9 Å². The van der Waals surface area contributed by atoms with Crippen LogP contribution in [0.2, 0.25) is 0 Å². The fraction of sp³-hybridized carbons (Fsp3) is 0.484. The van der Waals surface area contributed by atoms with Crippen molar-refractivity contribution in [2.45, 2.75) is 46.3 Å². The molecule has 1 atom stereocenters. The standard InChI is InChI=1S/C31H40N2O7/c1-6-39-25-11-8-22(19-26(25)37-5)28-27(29(34)23-9-10-24(21(4)18-23)40-20(2)3)30(35)31(36)33(28)13-7-12-32-14-16-38-17-15-32/h8-11,18-20,28,34H,6-7,12-17H2,1-5H3/b29-27+/t28-/m1/s1. The normalized spacial score (nSPS) is 19.4. The minimum Gasteiger partial charge on any atom is -0.507 e. The first kappa shape index (κ1) is 29.4. The Morgan fingerprint density at radius 3 is 2.42 bits per heavy atom. The average molecular weight is 553 g/mol. The van der Waals surface area contributed by atoms with Crippen LogP contribution in [-0.4, -0.2) is 85.8 Å². The van der Waals surface area contributed by atoms with Crippen molar-refractivity contribution in [3.63, 3.8) is 0 Å². The first-order chi connectivity index (χ1) is 19.2. The van der Waals surface area contributed by atoms with Gasteiger partial charge in [-0.1, -0.05) is 6.07 Å². The molecule has 0 aromatic heterocycles. The summed E-state index contributed by atoms with van der Waals surface area (Å²) in [4.78, 5) is 30.7. The third kappa shape index (κ3) is 6.42. The van der Waals surface area contributed by atoms with Crippen molar-refractivity contribution in [3.05, 3.63) is 58.7 Å². The lowest BCUT2D eigenvalue weighted by atomic mass is 9.94. The van der Waals surface area contributed by atoms with E-state index in [0.29, 0.717) is 61.2 Å². The summed E-state index contributed by atoms with van der Waals surface area (Å²) >= 11 is 0. The molecule has 0 bridgehead atoms. The van der Waals surface area contributed by atoms with Gasteiger partial charge in [0.15, 0.2) is 11.5 Å². The molecule has 9 nitrogen and oxygen atoms in total. The fourth-order valence-electron chi connectivity index (χ4n) is 5.21.